The molecule has 0 spiro atoms. The average molecular weight is 385 g/mol. The SMILES string of the molecule is COC(=O)c1ccccc1NC(=O)COC(=O)/C=C/c1ccc(O)c(OC)c1. The fourth-order valence-corrected chi connectivity index (χ4v) is 2.21. The first-order valence-corrected chi connectivity index (χ1v) is 8.13. The third kappa shape index (κ3) is 5.60. The lowest BCUT2D eigenvalue weighted by molar-refractivity contribution is -0.142. The van der Waals surface area contributed by atoms with E-state index in [0.717, 1.165) is 6.08 Å². The maximum Gasteiger partial charge on any atom is 0.339 e. The Morgan fingerprint density at radius 1 is 1.11 bits per heavy atom. The van der Waals surface area contributed by atoms with Gasteiger partial charge in [-0.3, -0.25) is 4.79 Å². The van der Waals surface area contributed by atoms with Crippen LogP contribution in [-0.4, -0.2) is 43.8 Å². The zero-order valence-electron chi connectivity index (χ0n) is 15.3. The van der Waals surface area contributed by atoms with Gasteiger partial charge in [-0.1, -0.05) is 18.2 Å². The molecule has 0 aromatic heterocycles. The van der Waals surface area contributed by atoms with Crippen molar-refractivity contribution in [1.82, 2.24) is 0 Å². The van der Waals surface area contributed by atoms with Gasteiger partial charge in [0.2, 0.25) is 0 Å². The summed E-state index contributed by atoms with van der Waals surface area (Å²) in [6, 6.07) is 10.9. The van der Waals surface area contributed by atoms with Crippen molar-refractivity contribution in [2.24, 2.45) is 0 Å². The molecule has 0 aliphatic heterocycles. The van der Waals surface area contributed by atoms with Crippen molar-refractivity contribution >= 4 is 29.6 Å². The number of aromatic hydroxyl groups is 1. The topological polar surface area (TPSA) is 111 Å². The summed E-state index contributed by atoms with van der Waals surface area (Å²) in [4.78, 5) is 35.4. The molecule has 2 N–H and O–H groups in total. The number of phenolic OH excluding ortho intramolecular Hbond substituents is 1. The normalized spacial score (nSPS) is 10.4. The zero-order valence-corrected chi connectivity index (χ0v) is 15.3. The Kier molecular flexibility index (Phi) is 7.15. The van der Waals surface area contributed by atoms with E-state index in [-0.39, 0.29) is 22.7 Å². The number of methoxy groups -OCH3 is 2. The van der Waals surface area contributed by atoms with Gasteiger partial charge in [0, 0.05) is 6.08 Å². The molecular weight excluding hydrogens is 366 g/mol. The third-order valence-electron chi connectivity index (χ3n) is 3.57. The molecule has 0 bridgehead atoms. The highest BCUT2D eigenvalue weighted by Gasteiger charge is 2.14. The van der Waals surface area contributed by atoms with E-state index in [2.05, 4.69) is 10.1 Å². The lowest BCUT2D eigenvalue weighted by Crippen LogP contribution is -2.21. The van der Waals surface area contributed by atoms with E-state index in [1.807, 2.05) is 0 Å². The molecule has 0 unspecified atom stereocenters. The number of rotatable bonds is 7. The first-order valence-electron chi connectivity index (χ1n) is 8.13. The zero-order chi connectivity index (χ0) is 20.5. The van der Waals surface area contributed by atoms with Crippen molar-refractivity contribution in [2.45, 2.75) is 0 Å². The monoisotopic (exact) mass is 385 g/mol. The van der Waals surface area contributed by atoms with E-state index in [9.17, 15) is 19.5 Å². The van der Waals surface area contributed by atoms with Crippen LogP contribution in [0.2, 0.25) is 0 Å². The van der Waals surface area contributed by atoms with Crippen LogP contribution in [0.4, 0.5) is 5.69 Å². The Hall–Kier alpha value is -3.81. The predicted octanol–water partition coefficient (Wildman–Crippen LogP) is 2.38. The Balaban J connectivity index is 1.91. The summed E-state index contributed by atoms with van der Waals surface area (Å²) in [5.74, 6) is -1.70. The number of ether oxygens (including phenoxy) is 3. The largest absolute Gasteiger partial charge is 0.504 e. The fraction of sp³-hybridized carbons (Fsp3) is 0.150. The third-order valence-corrected chi connectivity index (χ3v) is 3.57. The molecule has 0 radical (unpaired) electrons. The molecule has 0 saturated carbocycles. The van der Waals surface area contributed by atoms with Crippen molar-refractivity contribution < 1.29 is 33.7 Å². The standard InChI is InChI=1S/C20H19NO7/c1-26-17-11-13(7-9-16(17)22)8-10-19(24)28-12-18(23)21-15-6-4-3-5-14(15)20(25)27-2/h3-11,22H,12H2,1-2H3,(H,21,23)/b10-8+. The molecule has 28 heavy (non-hydrogen) atoms. The van der Waals surface area contributed by atoms with Crippen LogP contribution in [0.15, 0.2) is 48.5 Å². The molecule has 1 amide bonds. The van der Waals surface area contributed by atoms with Crippen molar-refractivity contribution in [3.8, 4) is 11.5 Å². The van der Waals surface area contributed by atoms with Crippen LogP contribution in [0.25, 0.3) is 6.08 Å². The lowest BCUT2D eigenvalue weighted by Gasteiger charge is -2.09. The van der Waals surface area contributed by atoms with E-state index in [4.69, 9.17) is 9.47 Å². The van der Waals surface area contributed by atoms with Gasteiger partial charge in [0.15, 0.2) is 18.1 Å². The molecule has 8 heteroatoms. The molecular formula is C20H19NO7. The Labute approximate surface area is 161 Å². The number of para-hydroxylation sites is 1. The number of esters is 2. The van der Waals surface area contributed by atoms with Gasteiger partial charge in [0.1, 0.15) is 0 Å². The molecule has 0 fully saturated rings. The number of anilines is 1. The maximum absolute atomic E-state index is 12.0. The molecule has 0 aliphatic rings. The second-order valence-electron chi connectivity index (χ2n) is 5.46. The quantitative estimate of drug-likeness (QED) is 0.556. The van der Waals surface area contributed by atoms with E-state index in [0.29, 0.717) is 5.56 Å². The summed E-state index contributed by atoms with van der Waals surface area (Å²) in [7, 11) is 2.65. The van der Waals surface area contributed by atoms with Gasteiger partial charge in [-0.15, -0.1) is 0 Å². The molecule has 146 valence electrons. The highest BCUT2D eigenvalue weighted by atomic mass is 16.5. The Bertz CT molecular complexity index is 905. The second-order valence-corrected chi connectivity index (χ2v) is 5.46. The number of carbonyl (C=O) groups excluding carboxylic acids is 3. The van der Waals surface area contributed by atoms with E-state index < -0.39 is 24.5 Å². The molecule has 0 aliphatic carbocycles. The molecule has 0 heterocycles. The molecule has 2 aromatic rings. The molecule has 0 saturated heterocycles. The fourth-order valence-electron chi connectivity index (χ4n) is 2.21. The molecule has 2 aromatic carbocycles. The number of phenols is 1. The number of hydrogen-bond donors (Lipinski definition) is 2. The number of nitrogens with one attached hydrogen (secondary N) is 1. The van der Waals surface area contributed by atoms with Gasteiger partial charge >= 0.3 is 11.9 Å². The van der Waals surface area contributed by atoms with Crippen LogP contribution in [-0.2, 0) is 19.1 Å². The number of hydrogen-bond acceptors (Lipinski definition) is 7. The minimum absolute atomic E-state index is 0.0221. The summed E-state index contributed by atoms with van der Waals surface area (Å²) < 4.78 is 14.5. The summed E-state index contributed by atoms with van der Waals surface area (Å²) in [5.41, 5.74) is 1.04. The van der Waals surface area contributed by atoms with Crippen LogP contribution >= 0.6 is 0 Å². The van der Waals surface area contributed by atoms with Crippen LogP contribution in [0.1, 0.15) is 15.9 Å². The molecule has 0 atom stereocenters. The van der Waals surface area contributed by atoms with Crippen molar-refractivity contribution in [2.75, 3.05) is 26.1 Å². The predicted molar refractivity (Wildman–Crippen MR) is 101 cm³/mol. The second kappa shape index (κ2) is 9.77. The van der Waals surface area contributed by atoms with Crippen LogP contribution in [0, 0.1) is 0 Å². The van der Waals surface area contributed by atoms with Gasteiger partial charge < -0.3 is 24.6 Å². The van der Waals surface area contributed by atoms with Crippen molar-refractivity contribution in [3.63, 3.8) is 0 Å². The van der Waals surface area contributed by atoms with Gasteiger partial charge in [0.05, 0.1) is 25.5 Å². The van der Waals surface area contributed by atoms with Crippen LogP contribution in [0.3, 0.4) is 0 Å². The summed E-state index contributed by atoms with van der Waals surface area (Å²) in [6.45, 7) is -0.530. The number of carbonyl (C=O) groups is 3. The lowest BCUT2D eigenvalue weighted by atomic mass is 10.2. The molecule has 8 nitrogen and oxygen atoms in total. The van der Waals surface area contributed by atoms with E-state index >= 15 is 0 Å². The summed E-state index contributed by atoms with van der Waals surface area (Å²) >= 11 is 0. The highest BCUT2D eigenvalue weighted by Crippen LogP contribution is 2.26. The Morgan fingerprint density at radius 3 is 2.57 bits per heavy atom. The number of benzene rings is 2. The Morgan fingerprint density at radius 2 is 1.86 bits per heavy atom. The van der Waals surface area contributed by atoms with Crippen molar-refractivity contribution in [3.05, 3.63) is 59.7 Å². The van der Waals surface area contributed by atoms with Gasteiger partial charge in [-0.05, 0) is 35.9 Å². The first kappa shape index (κ1) is 20.5. The van der Waals surface area contributed by atoms with Gasteiger partial charge in [-0.25, -0.2) is 9.59 Å². The van der Waals surface area contributed by atoms with Gasteiger partial charge in [0.25, 0.3) is 5.91 Å². The first-order chi connectivity index (χ1) is 13.4. The summed E-state index contributed by atoms with van der Waals surface area (Å²) in [5, 5.41) is 12.0. The average Bonchev–Trinajstić information content (AvgIpc) is 2.71. The van der Waals surface area contributed by atoms with E-state index in [1.54, 1.807) is 18.2 Å². The van der Waals surface area contributed by atoms with Crippen LogP contribution in [0.5, 0.6) is 11.5 Å². The maximum atomic E-state index is 12.0. The minimum Gasteiger partial charge on any atom is -0.504 e. The minimum atomic E-state index is -0.733. The highest BCUT2D eigenvalue weighted by molar-refractivity contribution is 6.02. The van der Waals surface area contributed by atoms with Gasteiger partial charge in [-0.2, -0.15) is 0 Å². The number of amides is 1. The smallest absolute Gasteiger partial charge is 0.339 e. The van der Waals surface area contributed by atoms with E-state index in [1.165, 1.54) is 44.6 Å². The molecule has 2 rings (SSSR count). The van der Waals surface area contributed by atoms with Crippen LogP contribution < -0.4 is 10.1 Å². The van der Waals surface area contributed by atoms with Crippen molar-refractivity contribution in [1.29, 1.82) is 0 Å². The summed E-state index contributed by atoms with van der Waals surface area (Å²) in [6.07, 6.45) is 2.59.